The van der Waals surface area contributed by atoms with Gasteiger partial charge in [-0.2, -0.15) is 5.10 Å². The zero-order valence-electron chi connectivity index (χ0n) is 14.1. The molecule has 2 aromatic rings. The fourth-order valence-corrected chi connectivity index (χ4v) is 3.51. The van der Waals surface area contributed by atoms with E-state index in [4.69, 9.17) is 4.74 Å². The monoisotopic (exact) mass is 330 g/mol. The number of hydrogen-bond acceptors (Lipinski definition) is 6. The molecule has 128 valence electrons. The molecule has 0 unspecified atom stereocenters. The SMILES string of the molecule is COCC1(C(=O)N2CCN(c3ncnc4c3cnn4C)CC2)CC1. The van der Waals surface area contributed by atoms with Crippen molar-refractivity contribution >= 4 is 22.8 Å². The molecule has 8 heteroatoms. The van der Waals surface area contributed by atoms with E-state index in [1.807, 2.05) is 11.9 Å². The van der Waals surface area contributed by atoms with Gasteiger partial charge in [0.25, 0.3) is 0 Å². The van der Waals surface area contributed by atoms with E-state index in [-0.39, 0.29) is 11.3 Å². The van der Waals surface area contributed by atoms with Crippen LogP contribution >= 0.6 is 0 Å². The van der Waals surface area contributed by atoms with Crippen LogP contribution in [0.2, 0.25) is 0 Å². The van der Waals surface area contributed by atoms with Crippen LogP contribution in [0.15, 0.2) is 12.5 Å². The van der Waals surface area contributed by atoms with Crippen molar-refractivity contribution < 1.29 is 9.53 Å². The van der Waals surface area contributed by atoms with Crippen LogP contribution in [0.4, 0.5) is 5.82 Å². The molecule has 1 saturated heterocycles. The Balaban J connectivity index is 1.47. The highest BCUT2D eigenvalue weighted by Gasteiger charge is 2.52. The Morgan fingerprint density at radius 1 is 1.25 bits per heavy atom. The fraction of sp³-hybridized carbons (Fsp3) is 0.625. The molecule has 0 atom stereocenters. The maximum absolute atomic E-state index is 12.7. The zero-order valence-corrected chi connectivity index (χ0v) is 14.1. The van der Waals surface area contributed by atoms with Gasteiger partial charge in [0.05, 0.1) is 23.6 Å². The van der Waals surface area contributed by atoms with E-state index in [0.29, 0.717) is 6.61 Å². The van der Waals surface area contributed by atoms with Crippen molar-refractivity contribution in [3.8, 4) is 0 Å². The van der Waals surface area contributed by atoms with Gasteiger partial charge in [-0.15, -0.1) is 0 Å². The number of aromatic nitrogens is 4. The number of hydrogen-bond donors (Lipinski definition) is 0. The second kappa shape index (κ2) is 5.70. The first-order valence-electron chi connectivity index (χ1n) is 8.31. The van der Waals surface area contributed by atoms with E-state index < -0.39 is 0 Å². The summed E-state index contributed by atoms with van der Waals surface area (Å²) in [6, 6.07) is 0. The van der Waals surface area contributed by atoms with Gasteiger partial charge in [-0.25, -0.2) is 9.97 Å². The number of amides is 1. The molecule has 2 aliphatic rings. The van der Waals surface area contributed by atoms with Gasteiger partial charge in [0.2, 0.25) is 5.91 Å². The summed E-state index contributed by atoms with van der Waals surface area (Å²) in [5.41, 5.74) is 0.582. The zero-order chi connectivity index (χ0) is 16.7. The largest absolute Gasteiger partial charge is 0.384 e. The van der Waals surface area contributed by atoms with Crippen molar-refractivity contribution in [3.63, 3.8) is 0 Å². The van der Waals surface area contributed by atoms with Crippen molar-refractivity contribution in [2.75, 3.05) is 44.8 Å². The van der Waals surface area contributed by atoms with Crippen molar-refractivity contribution in [1.29, 1.82) is 0 Å². The summed E-state index contributed by atoms with van der Waals surface area (Å²) < 4.78 is 6.99. The molecule has 0 N–H and O–H groups in total. The Labute approximate surface area is 140 Å². The number of piperazine rings is 1. The summed E-state index contributed by atoms with van der Waals surface area (Å²) in [7, 11) is 3.54. The molecule has 8 nitrogen and oxygen atoms in total. The minimum Gasteiger partial charge on any atom is -0.384 e. The smallest absolute Gasteiger partial charge is 0.231 e. The molecule has 1 saturated carbocycles. The van der Waals surface area contributed by atoms with E-state index in [1.54, 1.807) is 24.3 Å². The summed E-state index contributed by atoms with van der Waals surface area (Å²) >= 11 is 0. The van der Waals surface area contributed by atoms with E-state index >= 15 is 0 Å². The number of rotatable bonds is 4. The second-order valence-electron chi connectivity index (χ2n) is 6.70. The lowest BCUT2D eigenvalue weighted by Gasteiger charge is -2.37. The Hall–Kier alpha value is -2.22. The number of fused-ring (bicyclic) bond motifs is 1. The minimum absolute atomic E-state index is 0.248. The van der Waals surface area contributed by atoms with Crippen LogP contribution in [-0.2, 0) is 16.6 Å². The molecule has 0 aromatic carbocycles. The molecule has 24 heavy (non-hydrogen) atoms. The third-order valence-corrected chi connectivity index (χ3v) is 5.10. The maximum Gasteiger partial charge on any atom is 0.231 e. The first-order chi connectivity index (χ1) is 11.6. The van der Waals surface area contributed by atoms with Crippen molar-refractivity contribution in [3.05, 3.63) is 12.5 Å². The Morgan fingerprint density at radius 3 is 2.67 bits per heavy atom. The lowest BCUT2D eigenvalue weighted by atomic mass is 10.1. The summed E-state index contributed by atoms with van der Waals surface area (Å²) in [6.07, 6.45) is 5.28. The van der Waals surface area contributed by atoms with Gasteiger partial charge in [0.15, 0.2) is 5.65 Å². The quantitative estimate of drug-likeness (QED) is 0.810. The average Bonchev–Trinajstić information content (AvgIpc) is 3.30. The van der Waals surface area contributed by atoms with Gasteiger partial charge in [0, 0.05) is 40.3 Å². The molecular weight excluding hydrogens is 308 g/mol. The molecule has 0 bridgehead atoms. The highest BCUT2D eigenvalue weighted by atomic mass is 16.5. The van der Waals surface area contributed by atoms with Crippen LogP contribution in [0.25, 0.3) is 11.0 Å². The molecule has 2 aromatic heterocycles. The van der Waals surface area contributed by atoms with E-state index in [2.05, 4.69) is 20.0 Å². The van der Waals surface area contributed by atoms with Gasteiger partial charge in [-0.05, 0) is 12.8 Å². The Morgan fingerprint density at radius 2 is 2.00 bits per heavy atom. The highest BCUT2D eigenvalue weighted by molar-refractivity contribution is 5.88. The molecule has 0 spiro atoms. The normalized spacial score (nSPS) is 19.8. The minimum atomic E-state index is -0.248. The predicted octanol–water partition coefficient (Wildman–Crippen LogP) is 0.439. The molecular formula is C16H22N6O2. The van der Waals surface area contributed by atoms with Crippen LogP contribution in [0.5, 0.6) is 0 Å². The predicted molar refractivity (Wildman–Crippen MR) is 88.6 cm³/mol. The Kier molecular flexibility index (Phi) is 3.64. The highest BCUT2D eigenvalue weighted by Crippen LogP contribution is 2.47. The summed E-state index contributed by atoms with van der Waals surface area (Å²) in [5, 5.41) is 5.22. The number of aryl methyl sites for hydroxylation is 1. The lowest BCUT2D eigenvalue weighted by Crippen LogP contribution is -2.51. The molecule has 1 aliphatic heterocycles. The molecule has 1 amide bonds. The van der Waals surface area contributed by atoms with Crippen LogP contribution in [-0.4, -0.2) is 70.5 Å². The molecule has 4 rings (SSSR count). The number of nitrogens with zero attached hydrogens (tertiary/aromatic N) is 6. The second-order valence-corrected chi connectivity index (χ2v) is 6.70. The number of carbonyl (C=O) groups excluding carboxylic acids is 1. The molecule has 2 fully saturated rings. The third-order valence-electron chi connectivity index (χ3n) is 5.10. The first kappa shape index (κ1) is 15.3. The number of methoxy groups -OCH3 is 1. The van der Waals surface area contributed by atoms with Crippen molar-refractivity contribution in [2.45, 2.75) is 12.8 Å². The summed E-state index contributed by atoms with van der Waals surface area (Å²) in [6.45, 7) is 3.52. The fourth-order valence-electron chi connectivity index (χ4n) is 3.51. The van der Waals surface area contributed by atoms with Crippen molar-refractivity contribution in [2.24, 2.45) is 12.5 Å². The summed E-state index contributed by atoms with van der Waals surface area (Å²) in [5.74, 6) is 1.15. The number of carbonyl (C=O) groups is 1. The van der Waals surface area contributed by atoms with Gasteiger partial charge in [-0.3, -0.25) is 9.48 Å². The molecule has 1 aliphatic carbocycles. The van der Waals surface area contributed by atoms with Crippen LogP contribution < -0.4 is 4.90 Å². The Bertz CT molecular complexity index is 761. The van der Waals surface area contributed by atoms with Gasteiger partial charge >= 0.3 is 0 Å². The van der Waals surface area contributed by atoms with Gasteiger partial charge < -0.3 is 14.5 Å². The standard InChI is InChI=1S/C16H22N6O2/c1-20-13-12(9-19-20)14(18-11-17-13)21-5-7-22(8-6-21)15(23)16(3-4-16)10-24-2/h9,11H,3-8,10H2,1-2H3. The average molecular weight is 330 g/mol. The van der Waals surface area contributed by atoms with E-state index in [0.717, 1.165) is 55.9 Å². The van der Waals surface area contributed by atoms with E-state index in [9.17, 15) is 4.79 Å². The van der Waals surface area contributed by atoms with Crippen LogP contribution in [0, 0.1) is 5.41 Å². The summed E-state index contributed by atoms with van der Waals surface area (Å²) in [4.78, 5) is 25.6. The number of ether oxygens (including phenoxy) is 1. The van der Waals surface area contributed by atoms with Crippen molar-refractivity contribution in [1.82, 2.24) is 24.6 Å². The molecule has 3 heterocycles. The first-order valence-corrected chi connectivity index (χ1v) is 8.31. The van der Waals surface area contributed by atoms with Crippen LogP contribution in [0.1, 0.15) is 12.8 Å². The molecule has 0 radical (unpaired) electrons. The third kappa shape index (κ3) is 2.41. The lowest BCUT2D eigenvalue weighted by molar-refractivity contribution is -0.139. The van der Waals surface area contributed by atoms with E-state index in [1.165, 1.54) is 0 Å². The number of anilines is 1. The maximum atomic E-state index is 12.7. The van der Waals surface area contributed by atoms with Gasteiger partial charge in [0.1, 0.15) is 12.1 Å². The van der Waals surface area contributed by atoms with Gasteiger partial charge in [-0.1, -0.05) is 0 Å². The topological polar surface area (TPSA) is 76.4 Å². The van der Waals surface area contributed by atoms with Crippen LogP contribution in [0.3, 0.4) is 0 Å².